The average molecular weight is 797 g/mol. The van der Waals surface area contributed by atoms with Crippen LogP contribution in [0.4, 0.5) is 8.78 Å². The third kappa shape index (κ3) is 12.6. The molecule has 16 heteroatoms. The molecule has 2 aliphatic rings. The van der Waals surface area contributed by atoms with Gasteiger partial charge in [0.1, 0.15) is 29.3 Å². The van der Waals surface area contributed by atoms with Crippen LogP contribution in [0.5, 0.6) is 0 Å². The highest BCUT2D eigenvalue weighted by Gasteiger charge is 2.46. The lowest BCUT2D eigenvalue weighted by Crippen LogP contribution is -2.58. The summed E-state index contributed by atoms with van der Waals surface area (Å²) in [7, 11) is 0. The number of ether oxygens (including phenoxy) is 1. The smallest absolute Gasteiger partial charge is 0.290 e. The highest BCUT2D eigenvalue weighted by Crippen LogP contribution is 2.31. The van der Waals surface area contributed by atoms with Gasteiger partial charge in [-0.15, -0.1) is 0 Å². The third-order valence-corrected chi connectivity index (χ3v) is 10.0. The van der Waals surface area contributed by atoms with E-state index in [-0.39, 0.29) is 31.7 Å². The van der Waals surface area contributed by atoms with Crippen molar-refractivity contribution in [3.8, 4) is 0 Å². The van der Waals surface area contributed by atoms with Gasteiger partial charge in [-0.1, -0.05) is 69.0 Å². The van der Waals surface area contributed by atoms with Gasteiger partial charge in [0, 0.05) is 13.0 Å². The summed E-state index contributed by atoms with van der Waals surface area (Å²) in [5.74, 6) is -8.55. The van der Waals surface area contributed by atoms with Crippen LogP contribution in [-0.4, -0.2) is 89.0 Å². The minimum absolute atomic E-state index is 0.0232. The highest BCUT2D eigenvalue weighted by atomic mass is 19.1. The molecule has 2 aromatic carbocycles. The van der Waals surface area contributed by atoms with Gasteiger partial charge in [0.15, 0.2) is 0 Å². The van der Waals surface area contributed by atoms with Crippen molar-refractivity contribution in [3.05, 3.63) is 71.3 Å². The zero-order chi connectivity index (χ0) is 41.9. The first-order valence-electron chi connectivity index (χ1n) is 19.5. The van der Waals surface area contributed by atoms with Gasteiger partial charge in [-0.2, -0.15) is 0 Å². The third-order valence-electron chi connectivity index (χ3n) is 10.0. The second-order valence-electron chi connectivity index (χ2n) is 15.6. The van der Waals surface area contributed by atoms with Gasteiger partial charge in [-0.3, -0.25) is 33.6 Å². The molecule has 2 aromatic rings. The molecule has 57 heavy (non-hydrogen) atoms. The van der Waals surface area contributed by atoms with Crippen molar-refractivity contribution in [1.82, 2.24) is 26.2 Å². The lowest BCUT2D eigenvalue weighted by atomic mass is 9.83. The molecule has 0 spiro atoms. The molecule has 1 aliphatic heterocycles. The second-order valence-corrected chi connectivity index (χ2v) is 15.6. The fourth-order valence-electron chi connectivity index (χ4n) is 7.45. The van der Waals surface area contributed by atoms with Gasteiger partial charge in [0.2, 0.25) is 29.4 Å². The van der Waals surface area contributed by atoms with E-state index in [1.807, 2.05) is 20.8 Å². The maximum absolute atomic E-state index is 14.7. The number of benzene rings is 2. The second kappa shape index (κ2) is 20.3. The van der Waals surface area contributed by atoms with Crippen molar-refractivity contribution in [3.63, 3.8) is 0 Å². The van der Waals surface area contributed by atoms with E-state index in [1.54, 1.807) is 37.3 Å². The Hall–Kier alpha value is -5.25. The van der Waals surface area contributed by atoms with Gasteiger partial charge < -0.3 is 36.6 Å². The summed E-state index contributed by atoms with van der Waals surface area (Å²) in [6.45, 7) is 6.53. The SMILES string of the molecule is CCCC(NC(=O)[C@@H]1C[C@@H](OC(C)(C)C)CN1C(=O)[C@@H](NC(=O)c1c(F)cccc1F)C1CCCCC1)C(=O)C(=O)NCC(=O)NC(CC(N)=O)c1ccccc1. The molecule has 14 nitrogen and oxygen atoms in total. The largest absolute Gasteiger partial charge is 0.371 e. The molecule has 2 fully saturated rings. The molecule has 6 N–H and O–H groups in total. The quantitative estimate of drug-likeness (QED) is 0.150. The lowest BCUT2D eigenvalue weighted by Gasteiger charge is -2.35. The van der Waals surface area contributed by atoms with Crippen LogP contribution in [0, 0.1) is 17.6 Å². The number of halogens is 2. The van der Waals surface area contributed by atoms with Crippen LogP contribution >= 0.6 is 0 Å². The number of nitrogens with zero attached hydrogens (tertiary/aromatic N) is 1. The topological polar surface area (TPSA) is 206 Å². The molecule has 1 aliphatic carbocycles. The lowest BCUT2D eigenvalue weighted by molar-refractivity contribution is -0.143. The number of hydrogen-bond donors (Lipinski definition) is 5. The number of hydrogen-bond acceptors (Lipinski definition) is 8. The van der Waals surface area contributed by atoms with E-state index in [1.165, 1.54) is 4.90 Å². The fourth-order valence-corrected chi connectivity index (χ4v) is 7.45. The van der Waals surface area contributed by atoms with E-state index in [4.69, 9.17) is 10.5 Å². The standard InChI is InChI=1S/C41H54F2N6O8/c1-5-13-29(36(52)39(55)45-22-33(51)46-30(21-32(44)50)24-14-8-6-9-15-24)47-37(53)31-20-26(57-41(2,3)4)23-49(31)40(56)35(25-16-10-7-11-17-25)48-38(54)34-27(42)18-12-19-28(34)43/h6,8-9,12,14-15,18-19,25-26,29-31,35H,5,7,10-11,13,16-17,20-23H2,1-4H3,(H2,44,50)(H,45,55)(H,46,51)(H,47,53)(H,48,54)/t26-,29?,30?,31+,35+/m1/s1. The van der Waals surface area contributed by atoms with E-state index in [0.29, 0.717) is 24.8 Å². The van der Waals surface area contributed by atoms with Crippen molar-refractivity contribution >= 4 is 41.2 Å². The summed E-state index contributed by atoms with van der Waals surface area (Å²) in [5, 5.41) is 10.1. The molecule has 6 amide bonds. The van der Waals surface area contributed by atoms with Gasteiger partial charge in [-0.05, 0) is 63.6 Å². The van der Waals surface area contributed by atoms with Crippen LogP contribution in [0.3, 0.4) is 0 Å². The summed E-state index contributed by atoms with van der Waals surface area (Å²) < 4.78 is 35.5. The minimum atomic E-state index is -1.32. The molecule has 0 aromatic heterocycles. The molecule has 1 heterocycles. The molecular formula is C41H54F2N6O8. The van der Waals surface area contributed by atoms with E-state index < -0.39 is 101 Å². The van der Waals surface area contributed by atoms with Crippen LogP contribution in [0.25, 0.3) is 0 Å². The average Bonchev–Trinajstić information content (AvgIpc) is 3.58. The molecule has 1 saturated heterocycles. The van der Waals surface area contributed by atoms with E-state index in [0.717, 1.165) is 37.5 Å². The predicted molar refractivity (Wildman–Crippen MR) is 205 cm³/mol. The number of ketones is 1. The minimum Gasteiger partial charge on any atom is -0.371 e. The molecule has 0 radical (unpaired) electrons. The van der Waals surface area contributed by atoms with Crippen molar-refractivity contribution in [2.75, 3.05) is 13.1 Å². The molecule has 310 valence electrons. The summed E-state index contributed by atoms with van der Waals surface area (Å²) in [6, 6.07) is 7.10. The maximum Gasteiger partial charge on any atom is 0.290 e. The normalized spacial score (nSPS) is 18.8. The van der Waals surface area contributed by atoms with Crippen molar-refractivity contribution in [2.24, 2.45) is 11.7 Å². The van der Waals surface area contributed by atoms with Crippen molar-refractivity contribution in [2.45, 2.75) is 121 Å². The Labute approximate surface area is 331 Å². The highest BCUT2D eigenvalue weighted by molar-refractivity contribution is 6.38. The molecule has 2 unspecified atom stereocenters. The monoisotopic (exact) mass is 796 g/mol. The number of Topliss-reactive ketones (excluding diaryl/α,β-unsaturated/α-hetero) is 1. The van der Waals surface area contributed by atoms with Crippen LogP contribution < -0.4 is 27.0 Å². The molecular weight excluding hydrogens is 742 g/mol. The Morgan fingerprint density at radius 1 is 0.895 bits per heavy atom. The molecule has 5 atom stereocenters. The van der Waals surface area contributed by atoms with Gasteiger partial charge in [0.25, 0.3) is 11.8 Å². The molecule has 1 saturated carbocycles. The number of rotatable bonds is 17. The first-order valence-corrected chi connectivity index (χ1v) is 19.5. The van der Waals surface area contributed by atoms with E-state index in [2.05, 4.69) is 21.3 Å². The number of nitrogens with two attached hydrogens (primary N) is 1. The Morgan fingerprint density at radius 3 is 2.14 bits per heavy atom. The predicted octanol–water partition coefficient (Wildman–Crippen LogP) is 3.13. The first kappa shape index (κ1) is 44.5. The molecule has 4 rings (SSSR count). The number of primary amides is 1. The first-order chi connectivity index (χ1) is 27.0. The Kier molecular flexibility index (Phi) is 15.8. The Morgan fingerprint density at radius 2 is 1.54 bits per heavy atom. The zero-order valence-electron chi connectivity index (χ0n) is 32.9. The van der Waals surface area contributed by atoms with Crippen molar-refractivity contribution < 1.29 is 47.1 Å². The zero-order valence-corrected chi connectivity index (χ0v) is 32.9. The summed E-state index contributed by atoms with van der Waals surface area (Å²) in [6.07, 6.45) is 3.18. The Balaban J connectivity index is 1.51. The van der Waals surface area contributed by atoms with Crippen LogP contribution in [0.2, 0.25) is 0 Å². The summed E-state index contributed by atoms with van der Waals surface area (Å²) >= 11 is 0. The number of carbonyl (C=O) groups excluding carboxylic acids is 7. The van der Waals surface area contributed by atoms with Gasteiger partial charge in [0.05, 0.1) is 36.8 Å². The Bertz CT molecular complexity index is 1760. The van der Waals surface area contributed by atoms with Crippen LogP contribution in [-0.2, 0) is 33.5 Å². The van der Waals surface area contributed by atoms with Crippen LogP contribution in [0.15, 0.2) is 48.5 Å². The number of carbonyl (C=O) groups is 7. The maximum atomic E-state index is 14.7. The van der Waals surface area contributed by atoms with E-state index >= 15 is 0 Å². The number of nitrogens with one attached hydrogen (secondary N) is 4. The van der Waals surface area contributed by atoms with Gasteiger partial charge >= 0.3 is 0 Å². The van der Waals surface area contributed by atoms with E-state index in [9.17, 15) is 42.3 Å². The number of likely N-dealkylation sites (tertiary alicyclic amines) is 1. The summed E-state index contributed by atoms with van der Waals surface area (Å²) in [4.78, 5) is 94.2. The fraction of sp³-hybridized carbons (Fsp3) is 0.537. The van der Waals surface area contributed by atoms with Crippen LogP contribution in [0.1, 0.15) is 107 Å². The molecule has 0 bridgehead atoms. The van der Waals surface area contributed by atoms with Gasteiger partial charge in [-0.25, -0.2) is 8.78 Å². The summed E-state index contributed by atoms with van der Waals surface area (Å²) in [5.41, 5.74) is 4.48. The number of amides is 6. The van der Waals surface area contributed by atoms with Crippen molar-refractivity contribution in [1.29, 1.82) is 0 Å².